The van der Waals surface area contributed by atoms with Crippen molar-refractivity contribution >= 4 is 21.6 Å². The van der Waals surface area contributed by atoms with E-state index in [-0.39, 0.29) is 17.2 Å². The minimum atomic E-state index is -3.48. The highest BCUT2D eigenvalue weighted by Gasteiger charge is 2.21. The highest BCUT2D eigenvalue weighted by molar-refractivity contribution is 7.89. The molecule has 0 spiro atoms. The van der Waals surface area contributed by atoms with Gasteiger partial charge in [-0.05, 0) is 36.8 Å². The van der Waals surface area contributed by atoms with Gasteiger partial charge >= 0.3 is 0 Å². The average molecular weight is 360 g/mol. The number of rotatable bonds is 7. The lowest BCUT2D eigenvalue weighted by Gasteiger charge is -2.18. The summed E-state index contributed by atoms with van der Waals surface area (Å²) in [6.45, 7) is 6.46. The molecule has 0 aliphatic heterocycles. The maximum atomic E-state index is 12.4. The molecule has 0 aromatic heterocycles. The molecule has 2 aromatic rings. The summed E-state index contributed by atoms with van der Waals surface area (Å²) in [6.07, 6.45) is 0.278. The van der Waals surface area contributed by atoms with Crippen LogP contribution in [-0.2, 0) is 21.2 Å². The van der Waals surface area contributed by atoms with E-state index in [0.29, 0.717) is 18.8 Å². The van der Waals surface area contributed by atoms with Gasteiger partial charge in [-0.2, -0.15) is 4.31 Å². The molecule has 25 heavy (non-hydrogen) atoms. The molecule has 5 nitrogen and oxygen atoms in total. The molecule has 0 saturated carbocycles. The van der Waals surface area contributed by atoms with Crippen LogP contribution in [0.5, 0.6) is 0 Å². The topological polar surface area (TPSA) is 66.5 Å². The van der Waals surface area contributed by atoms with Crippen molar-refractivity contribution in [3.8, 4) is 0 Å². The lowest BCUT2D eigenvalue weighted by atomic mass is 10.1. The van der Waals surface area contributed by atoms with E-state index in [0.717, 1.165) is 11.1 Å². The summed E-state index contributed by atoms with van der Waals surface area (Å²) in [5.41, 5.74) is 2.66. The summed E-state index contributed by atoms with van der Waals surface area (Å²) in [6, 6.07) is 14.1. The first kappa shape index (κ1) is 19.1. The van der Waals surface area contributed by atoms with Crippen LogP contribution in [0.2, 0.25) is 0 Å². The summed E-state index contributed by atoms with van der Waals surface area (Å²) in [5, 5.41) is 2.79. The average Bonchev–Trinajstić information content (AvgIpc) is 2.58. The number of nitrogens with one attached hydrogen (secondary N) is 1. The largest absolute Gasteiger partial charge is 0.326 e. The van der Waals surface area contributed by atoms with Crippen molar-refractivity contribution in [2.24, 2.45) is 0 Å². The molecule has 0 aliphatic rings. The van der Waals surface area contributed by atoms with Crippen molar-refractivity contribution in [3.05, 3.63) is 59.7 Å². The number of carbonyl (C=O) groups excluding carboxylic acids is 1. The second-order valence-corrected chi connectivity index (χ2v) is 7.76. The van der Waals surface area contributed by atoms with Crippen molar-refractivity contribution in [2.75, 3.05) is 18.4 Å². The number of sulfonamides is 1. The minimum absolute atomic E-state index is 0.136. The second kappa shape index (κ2) is 8.27. The van der Waals surface area contributed by atoms with E-state index in [4.69, 9.17) is 0 Å². The second-order valence-electron chi connectivity index (χ2n) is 5.82. The van der Waals surface area contributed by atoms with E-state index < -0.39 is 10.0 Å². The van der Waals surface area contributed by atoms with Gasteiger partial charge in [-0.15, -0.1) is 0 Å². The number of carbonyl (C=O) groups is 1. The van der Waals surface area contributed by atoms with Crippen LogP contribution in [0, 0.1) is 6.92 Å². The van der Waals surface area contributed by atoms with Crippen LogP contribution in [0.4, 0.5) is 5.69 Å². The predicted molar refractivity (Wildman–Crippen MR) is 100 cm³/mol. The van der Waals surface area contributed by atoms with Crippen LogP contribution in [0.15, 0.2) is 53.4 Å². The number of nitrogens with zero attached hydrogens (tertiary/aromatic N) is 1. The zero-order valence-corrected chi connectivity index (χ0v) is 15.6. The van der Waals surface area contributed by atoms with Gasteiger partial charge in [0, 0.05) is 18.8 Å². The fourth-order valence-corrected chi connectivity index (χ4v) is 3.98. The van der Waals surface area contributed by atoms with E-state index >= 15 is 0 Å². The number of amides is 1. The monoisotopic (exact) mass is 360 g/mol. The van der Waals surface area contributed by atoms with Crippen LogP contribution >= 0.6 is 0 Å². The Bertz CT molecular complexity index is 809. The molecule has 1 amide bonds. The molecule has 2 rings (SSSR count). The zero-order valence-electron chi connectivity index (χ0n) is 14.8. The Hall–Kier alpha value is -2.18. The molecule has 0 atom stereocenters. The summed E-state index contributed by atoms with van der Waals surface area (Å²) < 4.78 is 26.3. The summed E-state index contributed by atoms with van der Waals surface area (Å²) in [4.78, 5) is 12.3. The predicted octanol–water partition coefficient (Wildman–Crippen LogP) is 3.21. The van der Waals surface area contributed by atoms with Crippen molar-refractivity contribution in [3.63, 3.8) is 0 Å². The van der Waals surface area contributed by atoms with E-state index in [1.807, 2.05) is 31.2 Å². The molecular formula is C19H24N2O3S. The summed E-state index contributed by atoms with van der Waals surface area (Å²) >= 11 is 0. The summed E-state index contributed by atoms with van der Waals surface area (Å²) in [5.74, 6) is -0.136. The van der Waals surface area contributed by atoms with E-state index in [2.05, 4.69) is 5.32 Å². The van der Waals surface area contributed by atoms with E-state index in [1.165, 1.54) is 16.4 Å². The molecule has 0 saturated heterocycles. The summed E-state index contributed by atoms with van der Waals surface area (Å²) in [7, 11) is -3.48. The quantitative estimate of drug-likeness (QED) is 0.824. The molecule has 1 N–H and O–H groups in total. The van der Waals surface area contributed by atoms with Crippen LogP contribution in [0.3, 0.4) is 0 Å². The molecule has 0 unspecified atom stereocenters. The Morgan fingerprint density at radius 3 is 2.04 bits per heavy atom. The van der Waals surface area contributed by atoms with Gasteiger partial charge in [0.15, 0.2) is 0 Å². The Morgan fingerprint density at radius 2 is 1.52 bits per heavy atom. The first-order valence-electron chi connectivity index (χ1n) is 8.32. The maximum Gasteiger partial charge on any atom is 0.243 e. The zero-order chi connectivity index (χ0) is 18.4. The fraction of sp³-hybridized carbons (Fsp3) is 0.316. The van der Waals surface area contributed by atoms with Gasteiger partial charge in [0.05, 0.1) is 11.3 Å². The molecule has 2 aromatic carbocycles. The van der Waals surface area contributed by atoms with Crippen LogP contribution in [0.25, 0.3) is 0 Å². The number of hydrogen-bond acceptors (Lipinski definition) is 3. The van der Waals surface area contributed by atoms with Gasteiger partial charge in [-0.1, -0.05) is 43.7 Å². The van der Waals surface area contributed by atoms with E-state index in [1.54, 1.807) is 26.0 Å². The SMILES string of the molecule is CCN(CC)S(=O)(=O)c1ccc(NC(=O)Cc2ccc(C)cc2)cc1. The third-order valence-electron chi connectivity index (χ3n) is 3.97. The van der Waals surface area contributed by atoms with Gasteiger partial charge in [0.1, 0.15) is 0 Å². The lowest BCUT2D eigenvalue weighted by molar-refractivity contribution is -0.115. The van der Waals surface area contributed by atoms with Crippen molar-refractivity contribution < 1.29 is 13.2 Å². The molecule has 0 bridgehead atoms. The molecular weight excluding hydrogens is 336 g/mol. The van der Waals surface area contributed by atoms with Gasteiger partial charge in [0.2, 0.25) is 15.9 Å². The highest BCUT2D eigenvalue weighted by Crippen LogP contribution is 2.18. The standard InChI is InChI=1S/C19H24N2O3S/c1-4-21(5-2)25(23,24)18-12-10-17(11-13-18)20-19(22)14-16-8-6-15(3)7-9-16/h6-13H,4-5,14H2,1-3H3,(H,20,22). The molecule has 6 heteroatoms. The van der Waals surface area contributed by atoms with E-state index in [9.17, 15) is 13.2 Å². The number of anilines is 1. The Balaban J connectivity index is 2.05. The van der Waals surface area contributed by atoms with Crippen molar-refractivity contribution in [1.29, 1.82) is 0 Å². The first-order valence-corrected chi connectivity index (χ1v) is 9.76. The molecule has 0 aliphatic carbocycles. The third kappa shape index (κ3) is 4.90. The van der Waals surface area contributed by atoms with Crippen molar-refractivity contribution in [1.82, 2.24) is 4.31 Å². The Labute approximate surface area is 149 Å². The highest BCUT2D eigenvalue weighted by atomic mass is 32.2. The smallest absolute Gasteiger partial charge is 0.243 e. The van der Waals surface area contributed by atoms with Gasteiger partial charge in [-0.25, -0.2) is 8.42 Å². The fourth-order valence-electron chi connectivity index (χ4n) is 2.52. The number of aryl methyl sites for hydroxylation is 1. The molecule has 0 heterocycles. The molecule has 134 valence electrons. The van der Waals surface area contributed by atoms with Crippen molar-refractivity contribution in [2.45, 2.75) is 32.1 Å². The molecule has 0 fully saturated rings. The van der Waals surface area contributed by atoms with Crippen LogP contribution in [-0.4, -0.2) is 31.7 Å². The third-order valence-corrected chi connectivity index (χ3v) is 6.03. The van der Waals surface area contributed by atoms with Gasteiger partial charge in [0.25, 0.3) is 0 Å². The Kier molecular flexibility index (Phi) is 6.33. The lowest BCUT2D eigenvalue weighted by Crippen LogP contribution is -2.30. The van der Waals surface area contributed by atoms with Crippen LogP contribution in [0.1, 0.15) is 25.0 Å². The molecule has 0 radical (unpaired) electrons. The number of benzene rings is 2. The minimum Gasteiger partial charge on any atom is -0.326 e. The van der Waals surface area contributed by atoms with Crippen LogP contribution < -0.4 is 5.32 Å². The van der Waals surface area contributed by atoms with Gasteiger partial charge < -0.3 is 5.32 Å². The normalized spacial score (nSPS) is 11.5. The number of hydrogen-bond donors (Lipinski definition) is 1. The van der Waals surface area contributed by atoms with Gasteiger partial charge in [-0.3, -0.25) is 4.79 Å². The maximum absolute atomic E-state index is 12.4. The Morgan fingerprint density at radius 1 is 0.960 bits per heavy atom. The first-order chi connectivity index (χ1) is 11.9.